The Balaban J connectivity index is 2.50. The Bertz CT molecular complexity index is 323. The highest BCUT2D eigenvalue weighted by atomic mass is 15.1. The van der Waals surface area contributed by atoms with Gasteiger partial charge in [0.05, 0.1) is 0 Å². The van der Waals surface area contributed by atoms with Gasteiger partial charge in [-0.25, -0.2) is 0 Å². The second kappa shape index (κ2) is 9.11. The largest absolute Gasteiger partial charge is 0.310 e. The zero-order chi connectivity index (χ0) is 14.1. The highest BCUT2D eigenvalue weighted by molar-refractivity contribution is 5.18. The van der Waals surface area contributed by atoms with Crippen molar-refractivity contribution in [3.05, 3.63) is 35.9 Å². The molecule has 1 rings (SSSR count). The van der Waals surface area contributed by atoms with E-state index >= 15 is 0 Å². The van der Waals surface area contributed by atoms with Crippen molar-refractivity contribution in [1.82, 2.24) is 10.2 Å². The lowest BCUT2D eigenvalue weighted by Crippen LogP contribution is -2.32. The minimum absolute atomic E-state index is 0.475. The summed E-state index contributed by atoms with van der Waals surface area (Å²) in [7, 11) is 2.24. The molecule has 2 unspecified atom stereocenters. The Morgan fingerprint density at radius 1 is 1.11 bits per heavy atom. The van der Waals surface area contributed by atoms with Crippen LogP contribution in [-0.2, 0) is 0 Å². The Morgan fingerprint density at radius 2 is 1.79 bits per heavy atom. The maximum Gasteiger partial charge on any atom is 0.0332 e. The van der Waals surface area contributed by atoms with Gasteiger partial charge in [0.2, 0.25) is 0 Å². The molecule has 2 nitrogen and oxygen atoms in total. The minimum atomic E-state index is 0.475. The topological polar surface area (TPSA) is 15.3 Å². The summed E-state index contributed by atoms with van der Waals surface area (Å²) in [6.45, 7) is 8.94. The third-order valence-electron chi connectivity index (χ3n) is 3.88. The molecule has 0 saturated heterocycles. The van der Waals surface area contributed by atoms with Crippen LogP contribution in [0, 0.1) is 0 Å². The average Bonchev–Trinajstić information content (AvgIpc) is 2.44. The van der Waals surface area contributed by atoms with E-state index in [0.29, 0.717) is 12.1 Å². The molecule has 0 fully saturated rings. The molecule has 0 spiro atoms. The molecule has 2 heteroatoms. The van der Waals surface area contributed by atoms with Crippen LogP contribution in [0.4, 0.5) is 0 Å². The maximum absolute atomic E-state index is 3.60. The van der Waals surface area contributed by atoms with Crippen LogP contribution < -0.4 is 5.32 Å². The fourth-order valence-electron chi connectivity index (χ4n) is 2.51. The van der Waals surface area contributed by atoms with E-state index in [0.717, 1.165) is 13.1 Å². The molecule has 0 radical (unpaired) electrons. The smallest absolute Gasteiger partial charge is 0.0332 e. The maximum atomic E-state index is 3.60. The molecule has 0 aromatic heterocycles. The van der Waals surface area contributed by atoms with Crippen LogP contribution in [0.5, 0.6) is 0 Å². The van der Waals surface area contributed by atoms with Gasteiger partial charge in [0.25, 0.3) is 0 Å². The van der Waals surface area contributed by atoms with Gasteiger partial charge in [0.15, 0.2) is 0 Å². The number of hydrogen-bond acceptors (Lipinski definition) is 2. The first-order valence-corrected chi connectivity index (χ1v) is 7.67. The van der Waals surface area contributed by atoms with E-state index in [4.69, 9.17) is 0 Å². The van der Waals surface area contributed by atoms with Crippen molar-refractivity contribution in [2.75, 3.05) is 20.1 Å². The van der Waals surface area contributed by atoms with Crippen molar-refractivity contribution in [2.45, 2.75) is 52.1 Å². The molecule has 2 atom stereocenters. The van der Waals surface area contributed by atoms with Crippen LogP contribution in [0.2, 0.25) is 0 Å². The lowest BCUT2D eigenvalue weighted by Gasteiger charge is -2.27. The number of nitrogens with one attached hydrogen (secondary N) is 1. The molecule has 108 valence electrons. The van der Waals surface area contributed by atoms with Crippen LogP contribution >= 0.6 is 0 Å². The van der Waals surface area contributed by atoms with Crippen LogP contribution in [0.3, 0.4) is 0 Å². The van der Waals surface area contributed by atoms with E-state index < -0.39 is 0 Å². The summed E-state index contributed by atoms with van der Waals surface area (Å²) in [6.07, 6.45) is 3.72. The summed E-state index contributed by atoms with van der Waals surface area (Å²) >= 11 is 0. The quantitative estimate of drug-likeness (QED) is 0.727. The van der Waals surface area contributed by atoms with E-state index in [1.165, 1.54) is 24.8 Å². The summed E-state index contributed by atoms with van der Waals surface area (Å²) in [5.74, 6) is 0. The van der Waals surface area contributed by atoms with Crippen molar-refractivity contribution in [2.24, 2.45) is 0 Å². The van der Waals surface area contributed by atoms with Crippen molar-refractivity contribution < 1.29 is 0 Å². The van der Waals surface area contributed by atoms with Crippen LogP contribution in [-0.4, -0.2) is 31.1 Å². The summed E-state index contributed by atoms with van der Waals surface area (Å²) in [4.78, 5) is 2.48. The number of rotatable bonds is 9. The average molecular weight is 262 g/mol. The fraction of sp³-hybridized carbons (Fsp3) is 0.647. The Hall–Kier alpha value is -0.860. The molecular weight excluding hydrogens is 232 g/mol. The molecule has 1 aromatic carbocycles. The van der Waals surface area contributed by atoms with E-state index in [1.807, 2.05) is 0 Å². The summed E-state index contributed by atoms with van der Waals surface area (Å²) in [5.41, 5.74) is 1.40. The normalized spacial score (nSPS) is 14.6. The molecule has 0 heterocycles. The molecule has 1 aromatic rings. The lowest BCUT2D eigenvalue weighted by atomic mass is 10.0. The predicted molar refractivity (Wildman–Crippen MR) is 84.5 cm³/mol. The molecule has 0 aliphatic carbocycles. The SMILES string of the molecule is CCCC(C)N(C)CCC(NCC)c1ccccc1. The van der Waals surface area contributed by atoms with Crippen molar-refractivity contribution >= 4 is 0 Å². The first-order chi connectivity index (χ1) is 9.19. The lowest BCUT2D eigenvalue weighted by molar-refractivity contribution is 0.231. The van der Waals surface area contributed by atoms with Gasteiger partial charge in [-0.2, -0.15) is 0 Å². The zero-order valence-electron chi connectivity index (χ0n) is 13.0. The van der Waals surface area contributed by atoms with E-state index in [-0.39, 0.29) is 0 Å². The number of benzene rings is 1. The molecule has 0 saturated carbocycles. The standard InChI is InChI=1S/C17H30N2/c1-5-10-15(3)19(4)14-13-17(18-6-2)16-11-8-7-9-12-16/h7-9,11-12,15,17-18H,5-6,10,13-14H2,1-4H3. The third-order valence-corrected chi connectivity index (χ3v) is 3.88. The van der Waals surface area contributed by atoms with Gasteiger partial charge in [-0.3, -0.25) is 0 Å². The van der Waals surface area contributed by atoms with E-state index in [9.17, 15) is 0 Å². The highest BCUT2D eigenvalue weighted by Crippen LogP contribution is 2.17. The first-order valence-electron chi connectivity index (χ1n) is 7.67. The molecule has 0 bridgehead atoms. The van der Waals surface area contributed by atoms with E-state index in [1.54, 1.807) is 0 Å². The summed E-state index contributed by atoms with van der Waals surface area (Å²) in [5, 5.41) is 3.60. The second-order valence-electron chi connectivity index (χ2n) is 5.43. The van der Waals surface area contributed by atoms with Gasteiger partial charge >= 0.3 is 0 Å². The molecule has 1 N–H and O–H groups in total. The van der Waals surface area contributed by atoms with Crippen molar-refractivity contribution in [1.29, 1.82) is 0 Å². The fourth-order valence-corrected chi connectivity index (χ4v) is 2.51. The van der Waals surface area contributed by atoms with Gasteiger partial charge in [-0.15, -0.1) is 0 Å². The van der Waals surface area contributed by atoms with Crippen molar-refractivity contribution in [3.8, 4) is 0 Å². The summed E-state index contributed by atoms with van der Waals surface area (Å²) in [6, 6.07) is 11.9. The first kappa shape index (κ1) is 16.2. The van der Waals surface area contributed by atoms with Gasteiger partial charge in [0, 0.05) is 12.1 Å². The molecular formula is C17H30N2. The van der Waals surface area contributed by atoms with Gasteiger partial charge < -0.3 is 10.2 Å². The zero-order valence-corrected chi connectivity index (χ0v) is 13.0. The van der Waals surface area contributed by atoms with Gasteiger partial charge in [0.1, 0.15) is 0 Å². The summed E-state index contributed by atoms with van der Waals surface area (Å²) < 4.78 is 0. The predicted octanol–water partition coefficient (Wildman–Crippen LogP) is 3.85. The van der Waals surface area contributed by atoms with Gasteiger partial charge in [-0.1, -0.05) is 50.6 Å². The molecule has 19 heavy (non-hydrogen) atoms. The molecule has 0 aliphatic rings. The number of hydrogen-bond donors (Lipinski definition) is 1. The van der Waals surface area contributed by atoms with Crippen LogP contribution in [0.1, 0.15) is 51.6 Å². The molecule has 0 aliphatic heterocycles. The van der Waals surface area contributed by atoms with Crippen LogP contribution in [0.25, 0.3) is 0 Å². The van der Waals surface area contributed by atoms with E-state index in [2.05, 4.69) is 68.4 Å². The van der Waals surface area contributed by atoms with Crippen LogP contribution in [0.15, 0.2) is 30.3 Å². The van der Waals surface area contributed by atoms with Gasteiger partial charge in [-0.05, 0) is 45.5 Å². The Morgan fingerprint density at radius 3 is 2.37 bits per heavy atom. The number of nitrogens with zero attached hydrogens (tertiary/aromatic N) is 1. The van der Waals surface area contributed by atoms with Crippen molar-refractivity contribution in [3.63, 3.8) is 0 Å². The Labute approximate surface area is 119 Å². The highest BCUT2D eigenvalue weighted by Gasteiger charge is 2.13. The second-order valence-corrected chi connectivity index (χ2v) is 5.43. The molecule has 0 amide bonds. The Kier molecular flexibility index (Phi) is 7.76. The monoisotopic (exact) mass is 262 g/mol. The minimum Gasteiger partial charge on any atom is -0.310 e. The third kappa shape index (κ3) is 5.75.